The summed E-state index contributed by atoms with van der Waals surface area (Å²) in [5.41, 5.74) is 2.84. The maximum absolute atomic E-state index is 13.2. The second kappa shape index (κ2) is 9.01. The normalized spacial score (nSPS) is 20.6. The Hall–Kier alpha value is -2.38. The highest BCUT2D eigenvalue weighted by Gasteiger charge is 2.31. The zero-order chi connectivity index (χ0) is 22.0. The lowest BCUT2D eigenvalue weighted by Crippen LogP contribution is -2.48. The molecule has 2 aliphatic heterocycles. The number of carbonyl (C=O) groups is 1. The lowest BCUT2D eigenvalue weighted by Gasteiger charge is -2.36. The fraction of sp³-hybridized carbons (Fsp3) is 0.458. The number of carbonyl (C=O) groups excluding carboxylic acids is 1. The number of anilines is 1. The van der Waals surface area contributed by atoms with E-state index in [0.29, 0.717) is 25.2 Å². The molecule has 0 saturated carbocycles. The first-order valence-corrected chi connectivity index (χ1v) is 12.5. The zero-order valence-corrected chi connectivity index (χ0v) is 19.1. The number of aryl methyl sites for hydroxylation is 1. The van der Waals surface area contributed by atoms with E-state index >= 15 is 0 Å². The number of amides is 1. The minimum atomic E-state index is -3.59. The molecule has 166 valence electrons. The molecule has 0 bridgehead atoms. The number of nitrogens with zero attached hydrogens (tertiary/aromatic N) is 3. The highest BCUT2D eigenvalue weighted by atomic mass is 32.2. The minimum Gasteiger partial charge on any atom is -0.368 e. The van der Waals surface area contributed by atoms with Crippen LogP contribution >= 0.6 is 0 Å². The van der Waals surface area contributed by atoms with Crippen LogP contribution in [0.1, 0.15) is 42.1 Å². The van der Waals surface area contributed by atoms with E-state index in [0.717, 1.165) is 32.4 Å². The molecule has 4 rings (SSSR count). The highest BCUT2D eigenvalue weighted by Crippen LogP contribution is 2.26. The molecule has 0 aromatic heterocycles. The summed E-state index contributed by atoms with van der Waals surface area (Å²) < 4.78 is 27.9. The first kappa shape index (κ1) is 21.8. The van der Waals surface area contributed by atoms with Crippen LogP contribution in [-0.2, 0) is 10.0 Å². The molecule has 2 saturated heterocycles. The van der Waals surface area contributed by atoms with Crippen LogP contribution in [0.3, 0.4) is 0 Å². The van der Waals surface area contributed by atoms with E-state index in [1.807, 2.05) is 11.8 Å². The number of hydrogen-bond acceptors (Lipinski definition) is 4. The van der Waals surface area contributed by atoms with Crippen molar-refractivity contribution in [1.82, 2.24) is 9.21 Å². The second-order valence-corrected chi connectivity index (χ2v) is 10.5. The Balaban J connectivity index is 1.46. The summed E-state index contributed by atoms with van der Waals surface area (Å²) in [6.07, 6.45) is 2.82. The van der Waals surface area contributed by atoms with Gasteiger partial charge in [-0.3, -0.25) is 4.79 Å². The van der Waals surface area contributed by atoms with Crippen LogP contribution in [0.4, 0.5) is 5.69 Å². The van der Waals surface area contributed by atoms with Gasteiger partial charge in [0.1, 0.15) is 0 Å². The molecule has 2 fully saturated rings. The Bertz CT molecular complexity index is 1050. The molecule has 1 atom stereocenters. The van der Waals surface area contributed by atoms with Gasteiger partial charge in [-0.05, 0) is 62.6 Å². The van der Waals surface area contributed by atoms with Gasteiger partial charge in [0.25, 0.3) is 5.91 Å². The second-order valence-electron chi connectivity index (χ2n) is 8.61. The molecule has 0 radical (unpaired) electrons. The molecule has 2 heterocycles. The van der Waals surface area contributed by atoms with Crippen molar-refractivity contribution in [2.24, 2.45) is 0 Å². The van der Waals surface area contributed by atoms with Gasteiger partial charge in [-0.2, -0.15) is 4.31 Å². The number of hydrogen-bond donors (Lipinski definition) is 0. The summed E-state index contributed by atoms with van der Waals surface area (Å²) in [5.74, 6) is -0.104. The Morgan fingerprint density at radius 1 is 0.935 bits per heavy atom. The Morgan fingerprint density at radius 3 is 2.39 bits per heavy atom. The fourth-order valence-electron chi connectivity index (χ4n) is 4.53. The Kier molecular flexibility index (Phi) is 6.34. The van der Waals surface area contributed by atoms with E-state index in [1.165, 1.54) is 11.3 Å². The van der Waals surface area contributed by atoms with Crippen molar-refractivity contribution in [3.05, 3.63) is 59.7 Å². The predicted octanol–water partition coefficient (Wildman–Crippen LogP) is 3.52. The fourth-order valence-corrected chi connectivity index (χ4v) is 6.27. The molecule has 2 aromatic carbocycles. The van der Waals surface area contributed by atoms with Crippen LogP contribution in [0.25, 0.3) is 0 Å². The third-order valence-corrected chi connectivity index (χ3v) is 8.37. The summed E-state index contributed by atoms with van der Waals surface area (Å²) in [7, 11) is -3.59. The maximum Gasteiger partial charge on any atom is 0.254 e. The average molecular weight is 442 g/mol. The van der Waals surface area contributed by atoms with Crippen LogP contribution in [0.2, 0.25) is 0 Å². The van der Waals surface area contributed by atoms with Crippen LogP contribution in [0.15, 0.2) is 53.4 Å². The van der Waals surface area contributed by atoms with E-state index in [1.54, 1.807) is 28.6 Å². The topological polar surface area (TPSA) is 60.9 Å². The van der Waals surface area contributed by atoms with Gasteiger partial charge in [-0.15, -0.1) is 0 Å². The molecular formula is C24H31N3O3S. The molecule has 1 amide bonds. The summed E-state index contributed by atoms with van der Waals surface area (Å²) in [6.45, 7) is 7.34. The third kappa shape index (κ3) is 4.62. The van der Waals surface area contributed by atoms with Crippen LogP contribution < -0.4 is 4.90 Å². The standard InChI is InChI=1S/C24H31N3O3S/c1-19-7-5-10-22(17-19)25-13-15-26(16-14-25)24(28)21-9-6-11-23(18-21)31(29,30)27-12-4-3-8-20(27)2/h5-7,9-11,17-18,20H,3-4,8,12-16H2,1-2H3. The number of piperazine rings is 1. The van der Waals surface area contributed by atoms with E-state index in [-0.39, 0.29) is 16.8 Å². The first-order valence-electron chi connectivity index (χ1n) is 11.1. The van der Waals surface area contributed by atoms with Gasteiger partial charge in [-0.25, -0.2) is 8.42 Å². The van der Waals surface area contributed by atoms with Crippen molar-refractivity contribution < 1.29 is 13.2 Å². The predicted molar refractivity (Wildman–Crippen MR) is 123 cm³/mol. The molecule has 2 aliphatic rings. The van der Waals surface area contributed by atoms with E-state index in [9.17, 15) is 13.2 Å². The zero-order valence-electron chi connectivity index (χ0n) is 18.3. The van der Waals surface area contributed by atoms with Crippen LogP contribution in [0.5, 0.6) is 0 Å². The average Bonchev–Trinajstić information content (AvgIpc) is 2.79. The largest absolute Gasteiger partial charge is 0.368 e. The molecular weight excluding hydrogens is 410 g/mol. The van der Waals surface area contributed by atoms with Gasteiger partial charge in [0.2, 0.25) is 10.0 Å². The molecule has 1 unspecified atom stereocenters. The highest BCUT2D eigenvalue weighted by molar-refractivity contribution is 7.89. The maximum atomic E-state index is 13.2. The SMILES string of the molecule is Cc1cccc(N2CCN(C(=O)c3cccc(S(=O)(=O)N4CCCCC4C)c3)CC2)c1. The smallest absolute Gasteiger partial charge is 0.254 e. The number of sulfonamides is 1. The van der Waals surface area contributed by atoms with Crippen LogP contribution in [0, 0.1) is 6.92 Å². The molecule has 2 aromatic rings. The van der Waals surface area contributed by atoms with Crippen molar-refractivity contribution >= 4 is 21.6 Å². The van der Waals surface area contributed by atoms with Gasteiger partial charge >= 0.3 is 0 Å². The van der Waals surface area contributed by atoms with Gasteiger partial charge in [-0.1, -0.05) is 24.6 Å². The third-order valence-electron chi connectivity index (χ3n) is 6.36. The summed E-state index contributed by atoms with van der Waals surface area (Å²) in [5, 5.41) is 0. The number of benzene rings is 2. The van der Waals surface area contributed by atoms with Crippen LogP contribution in [-0.4, -0.2) is 62.3 Å². The lowest BCUT2D eigenvalue weighted by atomic mass is 10.1. The molecule has 0 aliphatic carbocycles. The lowest BCUT2D eigenvalue weighted by molar-refractivity contribution is 0.0746. The molecule has 31 heavy (non-hydrogen) atoms. The summed E-state index contributed by atoms with van der Waals surface area (Å²) in [6, 6.07) is 14.9. The number of rotatable bonds is 4. The van der Waals surface area contributed by atoms with Crippen molar-refractivity contribution in [3.8, 4) is 0 Å². The van der Waals surface area contributed by atoms with E-state index in [2.05, 4.69) is 36.1 Å². The molecule has 6 nitrogen and oxygen atoms in total. The summed E-state index contributed by atoms with van der Waals surface area (Å²) in [4.78, 5) is 17.4. The van der Waals surface area contributed by atoms with Gasteiger partial charge < -0.3 is 9.80 Å². The Labute approximate surface area is 185 Å². The molecule has 7 heteroatoms. The van der Waals surface area contributed by atoms with Gasteiger partial charge in [0, 0.05) is 50.0 Å². The van der Waals surface area contributed by atoms with Crippen molar-refractivity contribution in [1.29, 1.82) is 0 Å². The van der Waals surface area contributed by atoms with Crippen molar-refractivity contribution in [2.45, 2.75) is 44.0 Å². The van der Waals surface area contributed by atoms with Crippen molar-refractivity contribution in [2.75, 3.05) is 37.6 Å². The van der Waals surface area contributed by atoms with Gasteiger partial charge in [0.15, 0.2) is 0 Å². The monoisotopic (exact) mass is 441 g/mol. The van der Waals surface area contributed by atoms with Gasteiger partial charge in [0.05, 0.1) is 4.90 Å². The quantitative estimate of drug-likeness (QED) is 0.728. The molecule has 0 spiro atoms. The number of piperidine rings is 1. The van der Waals surface area contributed by atoms with E-state index < -0.39 is 10.0 Å². The summed E-state index contributed by atoms with van der Waals surface area (Å²) >= 11 is 0. The first-order chi connectivity index (χ1) is 14.9. The minimum absolute atomic E-state index is 0.00666. The van der Waals surface area contributed by atoms with Crippen molar-refractivity contribution in [3.63, 3.8) is 0 Å². The Morgan fingerprint density at radius 2 is 1.68 bits per heavy atom. The van der Waals surface area contributed by atoms with E-state index in [4.69, 9.17) is 0 Å². The molecule has 0 N–H and O–H groups in total.